The van der Waals surface area contributed by atoms with Gasteiger partial charge in [-0.15, -0.1) is 0 Å². The van der Waals surface area contributed by atoms with Crippen LogP contribution in [-0.4, -0.2) is 24.1 Å². The molecule has 128 valence electrons. The maximum absolute atomic E-state index is 11.4. The number of rotatable bonds is 6. The third-order valence-corrected chi connectivity index (χ3v) is 4.70. The molecule has 2 aromatic carbocycles. The smallest absolute Gasteiger partial charge is 0.153 e. The van der Waals surface area contributed by atoms with Gasteiger partial charge < -0.3 is 9.12 Å². The van der Waals surface area contributed by atoms with E-state index < -0.39 is 11.1 Å². The van der Waals surface area contributed by atoms with Gasteiger partial charge in [0.1, 0.15) is 5.82 Å². The van der Waals surface area contributed by atoms with Crippen molar-refractivity contribution in [1.82, 2.24) is 9.55 Å². The van der Waals surface area contributed by atoms with Gasteiger partial charge in [-0.05, 0) is 16.7 Å². The summed E-state index contributed by atoms with van der Waals surface area (Å²) in [5, 5.41) is 0. The molecule has 0 saturated heterocycles. The first kappa shape index (κ1) is 17.3. The number of nitrogens with zero attached hydrogens (tertiary/aromatic N) is 2. The largest absolute Gasteiger partial charge is 0.337 e. The minimum atomic E-state index is -1.89. The first-order chi connectivity index (χ1) is 12.1. The zero-order valence-corrected chi connectivity index (χ0v) is 14.8. The molecule has 25 heavy (non-hydrogen) atoms. The molecule has 0 aliphatic heterocycles. The molecular formula is C20H20N2O2S. The third kappa shape index (κ3) is 4.53. The summed E-state index contributed by atoms with van der Waals surface area (Å²) in [6.07, 6.45) is 7.67. The fourth-order valence-corrected chi connectivity index (χ4v) is 3.40. The summed E-state index contributed by atoms with van der Waals surface area (Å²) >= 11 is -1.89. The minimum absolute atomic E-state index is 0.129. The molecule has 2 atom stereocenters. The molecule has 2 unspecified atom stereocenters. The predicted molar refractivity (Wildman–Crippen MR) is 103 cm³/mol. The quantitative estimate of drug-likeness (QED) is 0.540. The van der Waals surface area contributed by atoms with Crippen molar-refractivity contribution in [3.63, 3.8) is 0 Å². The van der Waals surface area contributed by atoms with Gasteiger partial charge in [-0.3, -0.25) is 0 Å². The van der Waals surface area contributed by atoms with E-state index >= 15 is 0 Å². The summed E-state index contributed by atoms with van der Waals surface area (Å²) < 4.78 is 22.6. The van der Waals surface area contributed by atoms with Crippen molar-refractivity contribution in [2.75, 3.05) is 5.75 Å². The molecule has 1 N–H and O–H groups in total. The molecule has 0 radical (unpaired) electrons. The molecule has 5 heteroatoms. The number of hydrogen-bond donors (Lipinski definition) is 1. The highest BCUT2D eigenvalue weighted by molar-refractivity contribution is 7.79. The van der Waals surface area contributed by atoms with E-state index in [1.54, 1.807) is 6.20 Å². The summed E-state index contributed by atoms with van der Waals surface area (Å²) in [5.41, 5.74) is 3.21. The van der Waals surface area contributed by atoms with Gasteiger partial charge in [0, 0.05) is 19.4 Å². The molecule has 3 aromatic rings. The lowest BCUT2D eigenvalue weighted by atomic mass is 9.98. The molecule has 4 nitrogen and oxygen atoms in total. The van der Waals surface area contributed by atoms with Gasteiger partial charge in [0.15, 0.2) is 11.1 Å². The van der Waals surface area contributed by atoms with Crippen LogP contribution in [0.3, 0.4) is 0 Å². The fourth-order valence-electron chi connectivity index (χ4n) is 2.77. The summed E-state index contributed by atoms with van der Waals surface area (Å²) in [4.78, 5) is 4.35. The summed E-state index contributed by atoms with van der Waals surface area (Å²) in [6, 6.07) is 18.2. The Morgan fingerprint density at radius 2 is 1.72 bits per heavy atom. The van der Waals surface area contributed by atoms with Crippen LogP contribution in [0.1, 0.15) is 28.4 Å². The van der Waals surface area contributed by atoms with E-state index in [0.717, 1.165) is 22.5 Å². The van der Waals surface area contributed by atoms with Crippen molar-refractivity contribution in [3.8, 4) is 0 Å². The maximum Gasteiger partial charge on any atom is 0.153 e. The summed E-state index contributed by atoms with van der Waals surface area (Å²) in [6.45, 7) is 0. The highest BCUT2D eigenvalue weighted by Gasteiger charge is 2.20. The average Bonchev–Trinajstić information content (AvgIpc) is 3.05. The lowest BCUT2D eigenvalue weighted by Gasteiger charge is -2.15. The number of aromatic nitrogens is 2. The molecular weight excluding hydrogens is 332 g/mol. The molecule has 0 amide bonds. The molecule has 0 aliphatic rings. The minimum Gasteiger partial charge on any atom is -0.337 e. The van der Waals surface area contributed by atoms with Crippen LogP contribution in [0.4, 0.5) is 0 Å². The standard InChI is InChI=1S/C20H20N2O2S/c1-22-14-13-21-20(22)19(15-25(23)24)18-11-9-17(10-12-18)8-7-16-5-3-2-4-6-16/h2-14,19H,15H2,1H3,(H,23,24)/b8-7+. The van der Waals surface area contributed by atoms with Gasteiger partial charge in [-0.1, -0.05) is 66.7 Å². The predicted octanol–water partition coefficient (Wildman–Crippen LogP) is 3.94. The first-order valence-electron chi connectivity index (χ1n) is 8.01. The van der Waals surface area contributed by atoms with Gasteiger partial charge >= 0.3 is 0 Å². The van der Waals surface area contributed by atoms with E-state index in [2.05, 4.69) is 29.3 Å². The van der Waals surface area contributed by atoms with Crippen molar-refractivity contribution in [2.24, 2.45) is 7.05 Å². The summed E-state index contributed by atoms with van der Waals surface area (Å²) in [7, 11) is 1.90. The van der Waals surface area contributed by atoms with Gasteiger partial charge in [0.2, 0.25) is 0 Å². The number of hydrogen-bond acceptors (Lipinski definition) is 2. The van der Waals surface area contributed by atoms with Crippen molar-refractivity contribution in [3.05, 3.63) is 89.5 Å². The van der Waals surface area contributed by atoms with E-state index in [1.165, 1.54) is 0 Å². The Morgan fingerprint density at radius 1 is 1.08 bits per heavy atom. The number of imidazole rings is 1. The van der Waals surface area contributed by atoms with Crippen LogP contribution < -0.4 is 0 Å². The average molecular weight is 352 g/mol. The number of benzene rings is 2. The van der Waals surface area contributed by atoms with Gasteiger partial charge in [-0.25, -0.2) is 9.19 Å². The van der Waals surface area contributed by atoms with Crippen molar-refractivity contribution < 1.29 is 8.76 Å². The lowest BCUT2D eigenvalue weighted by molar-refractivity contribution is 0.558. The molecule has 0 aliphatic carbocycles. The Kier molecular flexibility index (Phi) is 5.58. The number of aryl methyl sites for hydroxylation is 1. The Bertz CT molecular complexity index is 870. The van der Waals surface area contributed by atoms with E-state index in [9.17, 15) is 8.76 Å². The topological polar surface area (TPSA) is 55.1 Å². The molecule has 0 saturated carbocycles. The van der Waals surface area contributed by atoms with Gasteiger partial charge in [-0.2, -0.15) is 0 Å². The molecule has 1 aromatic heterocycles. The fraction of sp³-hybridized carbons (Fsp3) is 0.150. The molecule has 0 spiro atoms. The highest BCUT2D eigenvalue weighted by Crippen LogP contribution is 2.24. The SMILES string of the molecule is Cn1ccnc1C(CS(=O)O)c1ccc(/C=C/c2ccccc2)cc1. The third-order valence-electron chi connectivity index (χ3n) is 4.09. The van der Waals surface area contributed by atoms with Crippen molar-refractivity contribution in [2.45, 2.75) is 5.92 Å². The normalized spacial score (nSPS) is 13.8. The highest BCUT2D eigenvalue weighted by atomic mass is 32.2. The monoisotopic (exact) mass is 352 g/mol. The van der Waals surface area contributed by atoms with Crippen molar-refractivity contribution >= 4 is 23.2 Å². The van der Waals surface area contributed by atoms with Crippen LogP contribution in [0, 0.1) is 0 Å². The van der Waals surface area contributed by atoms with E-state index in [-0.39, 0.29) is 11.7 Å². The lowest BCUT2D eigenvalue weighted by Crippen LogP contribution is -2.15. The second-order valence-corrected chi connectivity index (χ2v) is 6.82. The zero-order valence-electron chi connectivity index (χ0n) is 13.9. The molecule has 0 fully saturated rings. The first-order valence-corrected chi connectivity index (χ1v) is 9.29. The van der Waals surface area contributed by atoms with Crippen LogP contribution in [0.15, 0.2) is 67.0 Å². The Hall–Kier alpha value is -2.50. The Morgan fingerprint density at radius 3 is 2.28 bits per heavy atom. The Labute approximate surface area is 150 Å². The van der Waals surface area contributed by atoms with E-state index in [0.29, 0.717) is 0 Å². The Balaban J connectivity index is 1.83. The van der Waals surface area contributed by atoms with Gasteiger partial charge in [0.25, 0.3) is 0 Å². The zero-order chi connectivity index (χ0) is 17.6. The van der Waals surface area contributed by atoms with Crippen LogP contribution in [0.2, 0.25) is 0 Å². The van der Waals surface area contributed by atoms with Gasteiger partial charge in [0.05, 0.1) is 11.7 Å². The molecule has 3 rings (SSSR count). The second-order valence-electron chi connectivity index (χ2n) is 5.85. The second kappa shape index (κ2) is 8.05. The summed E-state index contributed by atoms with van der Waals surface area (Å²) in [5.74, 6) is 0.706. The van der Waals surface area contributed by atoms with Crippen LogP contribution in [-0.2, 0) is 18.1 Å². The van der Waals surface area contributed by atoms with E-state index in [4.69, 9.17) is 0 Å². The molecule has 0 bridgehead atoms. The van der Waals surface area contributed by atoms with Crippen LogP contribution >= 0.6 is 0 Å². The molecule has 1 heterocycles. The van der Waals surface area contributed by atoms with Crippen LogP contribution in [0.5, 0.6) is 0 Å². The van der Waals surface area contributed by atoms with Crippen LogP contribution in [0.25, 0.3) is 12.2 Å². The van der Waals surface area contributed by atoms with E-state index in [1.807, 2.05) is 60.3 Å². The maximum atomic E-state index is 11.4. The van der Waals surface area contributed by atoms with Crippen molar-refractivity contribution in [1.29, 1.82) is 0 Å².